The van der Waals surface area contributed by atoms with E-state index in [1.54, 1.807) is 12.1 Å². The van der Waals surface area contributed by atoms with E-state index in [9.17, 15) is 17.6 Å². The van der Waals surface area contributed by atoms with Crippen molar-refractivity contribution in [3.63, 3.8) is 0 Å². The summed E-state index contributed by atoms with van der Waals surface area (Å²) in [6, 6.07) is 11.8. The molecule has 0 fully saturated rings. The highest BCUT2D eigenvalue weighted by Gasteiger charge is 2.20. The zero-order valence-electron chi connectivity index (χ0n) is 13.9. The van der Waals surface area contributed by atoms with Gasteiger partial charge in [0.2, 0.25) is 5.91 Å². The van der Waals surface area contributed by atoms with Crippen LogP contribution in [0.25, 0.3) is 0 Å². The summed E-state index contributed by atoms with van der Waals surface area (Å²) >= 11 is 0. The van der Waals surface area contributed by atoms with E-state index in [2.05, 4.69) is 5.32 Å². The summed E-state index contributed by atoms with van der Waals surface area (Å²) in [4.78, 5) is 16.7. The predicted octanol–water partition coefficient (Wildman–Crippen LogP) is 2.58. The number of benzene rings is 2. The number of rotatable bonds is 7. The van der Waals surface area contributed by atoms with Gasteiger partial charge in [0.25, 0.3) is 10.0 Å². The minimum absolute atomic E-state index is 0.0566. The number of amides is 1. The molecular formula is C17H19FN2O4S. The minimum Gasteiger partial charge on any atom is -0.326 e. The lowest BCUT2D eigenvalue weighted by molar-refractivity contribution is -0.116. The molecule has 0 saturated heterocycles. The number of nitrogens with one attached hydrogen (secondary N) is 1. The summed E-state index contributed by atoms with van der Waals surface area (Å²) in [5.74, 6) is -0.531. The maximum Gasteiger partial charge on any atom is 0.264 e. The van der Waals surface area contributed by atoms with E-state index < -0.39 is 10.0 Å². The number of carbonyl (C=O) groups is 1. The number of halogens is 1. The van der Waals surface area contributed by atoms with E-state index in [1.165, 1.54) is 50.6 Å². The van der Waals surface area contributed by atoms with Crippen molar-refractivity contribution in [2.75, 3.05) is 19.5 Å². The molecule has 0 aliphatic carbocycles. The molecule has 1 N–H and O–H groups in total. The van der Waals surface area contributed by atoms with Crippen molar-refractivity contribution >= 4 is 21.6 Å². The Hall–Kier alpha value is -2.29. The summed E-state index contributed by atoms with van der Waals surface area (Å²) in [5.41, 5.74) is 1.35. The minimum atomic E-state index is -3.72. The van der Waals surface area contributed by atoms with Crippen LogP contribution in [0.4, 0.5) is 10.1 Å². The van der Waals surface area contributed by atoms with E-state index in [1.807, 2.05) is 0 Å². The summed E-state index contributed by atoms with van der Waals surface area (Å²) in [5, 5.41) is 2.69. The van der Waals surface area contributed by atoms with E-state index >= 15 is 0 Å². The van der Waals surface area contributed by atoms with Crippen molar-refractivity contribution in [2.24, 2.45) is 0 Å². The number of nitrogens with zero attached hydrogens (tertiary/aromatic N) is 1. The first kappa shape index (κ1) is 19.0. The third kappa shape index (κ3) is 5.09. The molecule has 2 aromatic carbocycles. The van der Waals surface area contributed by atoms with Gasteiger partial charge in [-0.15, -0.1) is 0 Å². The van der Waals surface area contributed by atoms with Crippen molar-refractivity contribution < 1.29 is 22.4 Å². The molecule has 0 heterocycles. The first-order valence-electron chi connectivity index (χ1n) is 7.50. The second kappa shape index (κ2) is 8.19. The van der Waals surface area contributed by atoms with E-state index in [0.29, 0.717) is 12.1 Å². The average molecular weight is 366 g/mol. The molecule has 0 atom stereocenters. The molecule has 2 aromatic rings. The lowest BCUT2D eigenvalue weighted by atomic mass is 10.1. The number of hydrogen-bond acceptors (Lipinski definition) is 4. The highest BCUT2D eigenvalue weighted by atomic mass is 32.2. The Morgan fingerprint density at radius 1 is 1.12 bits per heavy atom. The van der Waals surface area contributed by atoms with Crippen LogP contribution in [0.3, 0.4) is 0 Å². The van der Waals surface area contributed by atoms with E-state index in [4.69, 9.17) is 4.84 Å². The second-order valence-corrected chi connectivity index (χ2v) is 7.23. The van der Waals surface area contributed by atoms with Gasteiger partial charge in [0.05, 0.1) is 12.0 Å². The molecule has 0 aliphatic rings. The van der Waals surface area contributed by atoms with Gasteiger partial charge < -0.3 is 5.32 Å². The Kier molecular flexibility index (Phi) is 6.24. The highest BCUT2D eigenvalue weighted by molar-refractivity contribution is 7.89. The Balaban J connectivity index is 1.94. The molecule has 0 spiro atoms. The third-order valence-corrected chi connectivity index (χ3v) is 5.28. The predicted molar refractivity (Wildman–Crippen MR) is 91.8 cm³/mol. The normalized spacial score (nSPS) is 11.5. The quantitative estimate of drug-likeness (QED) is 0.764. The maximum absolute atomic E-state index is 12.8. The van der Waals surface area contributed by atoms with E-state index in [-0.39, 0.29) is 23.0 Å². The molecule has 134 valence electrons. The van der Waals surface area contributed by atoms with Gasteiger partial charge in [0.15, 0.2) is 0 Å². The standard InChI is InChI=1S/C17H19FN2O4S/c1-20(24-2)25(22,23)16-10-8-15(9-11-16)19-17(21)12-5-13-3-6-14(18)7-4-13/h3-4,6-11H,5,12H2,1-2H3,(H,19,21). The van der Waals surface area contributed by atoms with Crippen LogP contribution in [0.2, 0.25) is 0 Å². The fourth-order valence-electron chi connectivity index (χ4n) is 2.09. The average Bonchev–Trinajstić information content (AvgIpc) is 2.61. The van der Waals surface area contributed by atoms with Gasteiger partial charge in [-0.3, -0.25) is 9.63 Å². The molecule has 1 amide bonds. The molecule has 0 aliphatic heterocycles. The van der Waals surface area contributed by atoms with Gasteiger partial charge in [0, 0.05) is 19.2 Å². The molecule has 0 unspecified atom stereocenters. The van der Waals surface area contributed by atoms with Gasteiger partial charge >= 0.3 is 0 Å². The SMILES string of the molecule is CON(C)S(=O)(=O)c1ccc(NC(=O)CCc2ccc(F)cc2)cc1. The number of hydroxylamine groups is 1. The van der Waals surface area contributed by atoms with Crippen molar-refractivity contribution in [1.29, 1.82) is 0 Å². The summed E-state index contributed by atoms with van der Waals surface area (Å²) < 4.78 is 37.7. The third-order valence-electron chi connectivity index (χ3n) is 3.59. The summed E-state index contributed by atoms with van der Waals surface area (Å²) in [6.07, 6.45) is 0.718. The Morgan fingerprint density at radius 3 is 2.28 bits per heavy atom. The lowest BCUT2D eigenvalue weighted by Gasteiger charge is -2.14. The number of hydrogen-bond donors (Lipinski definition) is 1. The summed E-state index contributed by atoms with van der Waals surface area (Å²) in [6.45, 7) is 0. The molecule has 25 heavy (non-hydrogen) atoms. The molecular weight excluding hydrogens is 347 g/mol. The number of aryl methyl sites for hydroxylation is 1. The van der Waals surface area contributed by atoms with Crippen LogP contribution in [0.15, 0.2) is 53.4 Å². The van der Waals surface area contributed by atoms with Crippen LogP contribution in [-0.2, 0) is 26.1 Å². The van der Waals surface area contributed by atoms with Crippen LogP contribution in [0.1, 0.15) is 12.0 Å². The van der Waals surface area contributed by atoms with Gasteiger partial charge in [-0.25, -0.2) is 12.8 Å². The monoisotopic (exact) mass is 366 g/mol. The van der Waals surface area contributed by atoms with Crippen LogP contribution >= 0.6 is 0 Å². The fraction of sp³-hybridized carbons (Fsp3) is 0.235. The van der Waals surface area contributed by atoms with Crippen LogP contribution < -0.4 is 5.32 Å². The number of sulfonamides is 1. The number of anilines is 1. The molecule has 0 aromatic heterocycles. The summed E-state index contributed by atoms with van der Waals surface area (Å²) in [7, 11) is -1.17. The Labute approximate surface area is 146 Å². The van der Waals surface area contributed by atoms with E-state index in [0.717, 1.165) is 10.0 Å². The van der Waals surface area contributed by atoms with Crippen molar-refractivity contribution in [3.8, 4) is 0 Å². The Bertz CT molecular complexity index is 821. The molecule has 2 rings (SSSR count). The van der Waals surface area contributed by atoms with Crippen LogP contribution in [0.5, 0.6) is 0 Å². The highest BCUT2D eigenvalue weighted by Crippen LogP contribution is 2.17. The molecule has 8 heteroatoms. The zero-order chi connectivity index (χ0) is 18.4. The lowest BCUT2D eigenvalue weighted by Crippen LogP contribution is -2.25. The largest absolute Gasteiger partial charge is 0.326 e. The van der Waals surface area contributed by atoms with Crippen molar-refractivity contribution in [1.82, 2.24) is 4.47 Å². The topological polar surface area (TPSA) is 75.7 Å². The van der Waals surface area contributed by atoms with Crippen molar-refractivity contribution in [2.45, 2.75) is 17.7 Å². The zero-order valence-corrected chi connectivity index (χ0v) is 14.7. The molecule has 6 nitrogen and oxygen atoms in total. The number of carbonyl (C=O) groups excluding carboxylic acids is 1. The molecule has 0 bridgehead atoms. The Morgan fingerprint density at radius 2 is 1.72 bits per heavy atom. The van der Waals surface area contributed by atoms with Gasteiger partial charge in [-0.05, 0) is 48.4 Å². The maximum atomic E-state index is 12.8. The van der Waals surface area contributed by atoms with Gasteiger partial charge in [-0.2, -0.15) is 0 Å². The van der Waals surface area contributed by atoms with Crippen LogP contribution in [0, 0.1) is 5.82 Å². The van der Waals surface area contributed by atoms with Crippen molar-refractivity contribution in [3.05, 3.63) is 59.9 Å². The van der Waals surface area contributed by atoms with Crippen LogP contribution in [-0.4, -0.2) is 33.0 Å². The smallest absolute Gasteiger partial charge is 0.264 e. The fourth-order valence-corrected chi connectivity index (χ4v) is 3.06. The molecule has 0 radical (unpaired) electrons. The van der Waals surface area contributed by atoms with Gasteiger partial charge in [-0.1, -0.05) is 16.6 Å². The molecule has 0 saturated carbocycles. The van der Waals surface area contributed by atoms with Gasteiger partial charge in [0.1, 0.15) is 5.82 Å². The first-order valence-corrected chi connectivity index (χ1v) is 8.94. The second-order valence-electron chi connectivity index (χ2n) is 5.30. The first-order chi connectivity index (χ1) is 11.8.